The summed E-state index contributed by atoms with van der Waals surface area (Å²) in [7, 11) is 0. The second-order valence-electron chi connectivity index (χ2n) is 6.40. The van der Waals surface area contributed by atoms with Gasteiger partial charge in [-0.05, 0) is 37.1 Å². The minimum Gasteiger partial charge on any atom is -0.355 e. The number of benzene rings is 1. The van der Waals surface area contributed by atoms with Crippen LogP contribution in [-0.4, -0.2) is 35.4 Å². The number of nitrogens with zero attached hydrogens (tertiary/aromatic N) is 2. The van der Waals surface area contributed by atoms with Crippen molar-refractivity contribution in [2.75, 3.05) is 19.6 Å². The van der Waals surface area contributed by atoms with E-state index in [9.17, 15) is 13.6 Å². The second kappa shape index (κ2) is 8.16. The molecular formula is C19H21F2N3O. The standard InChI is InChI=1S/C19H21F2N3O/c20-17-6-3-4-15(19(17)21)13-24-9-7-14(12-24)11-23-18(25)10-16-5-1-2-8-22-16/h1-6,8,14H,7,9-13H2,(H,23,25). The first-order chi connectivity index (χ1) is 12.1. The Morgan fingerprint density at radius 1 is 1.24 bits per heavy atom. The van der Waals surface area contributed by atoms with Crippen LogP contribution in [0.25, 0.3) is 0 Å². The first-order valence-electron chi connectivity index (χ1n) is 8.43. The summed E-state index contributed by atoms with van der Waals surface area (Å²) in [6.07, 6.45) is 2.87. The Bertz CT molecular complexity index is 724. The number of pyridine rings is 1. The largest absolute Gasteiger partial charge is 0.355 e. The minimum absolute atomic E-state index is 0.0478. The Labute approximate surface area is 145 Å². The highest BCUT2D eigenvalue weighted by Crippen LogP contribution is 2.20. The van der Waals surface area contributed by atoms with Gasteiger partial charge in [0.2, 0.25) is 5.91 Å². The quantitative estimate of drug-likeness (QED) is 0.875. The van der Waals surface area contributed by atoms with Crippen LogP contribution in [0.1, 0.15) is 17.7 Å². The Morgan fingerprint density at radius 2 is 2.12 bits per heavy atom. The van der Waals surface area contributed by atoms with Gasteiger partial charge in [-0.15, -0.1) is 0 Å². The van der Waals surface area contributed by atoms with Crippen molar-refractivity contribution in [1.82, 2.24) is 15.2 Å². The lowest BCUT2D eigenvalue weighted by Crippen LogP contribution is -2.32. The van der Waals surface area contributed by atoms with Crippen LogP contribution in [0.15, 0.2) is 42.6 Å². The number of hydrogen-bond donors (Lipinski definition) is 1. The number of amides is 1. The summed E-state index contributed by atoms with van der Waals surface area (Å²) in [4.78, 5) is 18.2. The van der Waals surface area contributed by atoms with Crippen molar-refractivity contribution >= 4 is 5.91 Å². The fourth-order valence-corrected chi connectivity index (χ4v) is 3.12. The molecule has 0 aliphatic carbocycles. The van der Waals surface area contributed by atoms with Gasteiger partial charge in [-0.3, -0.25) is 14.7 Å². The van der Waals surface area contributed by atoms with Crippen LogP contribution in [0.4, 0.5) is 8.78 Å². The molecule has 1 aliphatic heterocycles. The van der Waals surface area contributed by atoms with Crippen LogP contribution in [-0.2, 0) is 17.8 Å². The predicted octanol–water partition coefficient (Wildman–Crippen LogP) is 2.54. The molecular weight excluding hydrogens is 324 g/mol. The number of aromatic nitrogens is 1. The first-order valence-corrected chi connectivity index (χ1v) is 8.43. The van der Waals surface area contributed by atoms with Gasteiger partial charge in [0.1, 0.15) is 0 Å². The molecule has 1 saturated heterocycles. The van der Waals surface area contributed by atoms with Crippen LogP contribution < -0.4 is 5.32 Å². The molecule has 0 radical (unpaired) electrons. The van der Waals surface area contributed by atoms with Gasteiger partial charge in [-0.25, -0.2) is 8.78 Å². The van der Waals surface area contributed by atoms with Crippen molar-refractivity contribution in [3.63, 3.8) is 0 Å². The van der Waals surface area contributed by atoms with Crippen molar-refractivity contribution < 1.29 is 13.6 Å². The third-order valence-electron chi connectivity index (χ3n) is 4.45. The van der Waals surface area contributed by atoms with Gasteiger partial charge in [-0.2, -0.15) is 0 Å². The zero-order chi connectivity index (χ0) is 17.6. The van der Waals surface area contributed by atoms with E-state index >= 15 is 0 Å². The smallest absolute Gasteiger partial charge is 0.226 e. The number of carbonyl (C=O) groups is 1. The van der Waals surface area contributed by atoms with Crippen LogP contribution in [0, 0.1) is 17.6 Å². The van der Waals surface area contributed by atoms with Crippen LogP contribution in [0.5, 0.6) is 0 Å². The third-order valence-corrected chi connectivity index (χ3v) is 4.45. The van der Waals surface area contributed by atoms with Crippen LogP contribution in [0.3, 0.4) is 0 Å². The van der Waals surface area contributed by atoms with Crippen molar-refractivity contribution in [3.05, 3.63) is 65.5 Å². The van der Waals surface area contributed by atoms with E-state index in [4.69, 9.17) is 0 Å². The third kappa shape index (κ3) is 4.82. The molecule has 1 aromatic heterocycles. The molecule has 2 heterocycles. The monoisotopic (exact) mass is 345 g/mol. The molecule has 0 bridgehead atoms. The van der Waals surface area contributed by atoms with E-state index in [1.165, 1.54) is 6.07 Å². The van der Waals surface area contributed by atoms with Gasteiger partial charge in [0.25, 0.3) is 0 Å². The summed E-state index contributed by atoms with van der Waals surface area (Å²) in [6.45, 7) is 2.56. The number of likely N-dealkylation sites (tertiary alicyclic amines) is 1. The highest BCUT2D eigenvalue weighted by molar-refractivity contribution is 5.78. The summed E-state index contributed by atoms with van der Waals surface area (Å²) in [5, 5.41) is 2.94. The maximum absolute atomic E-state index is 13.7. The molecule has 6 heteroatoms. The van der Waals surface area contributed by atoms with Gasteiger partial charge in [0, 0.05) is 37.1 Å². The van der Waals surface area contributed by atoms with Crippen LogP contribution in [0.2, 0.25) is 0 Å². The molecule has 1 aromatic carbocycles. The number of nitrogens with one attached hydrogen (secondary N) is 1. The zero-order valence-electron chi connectivity index (χ0n) is 13.9. The average molecular weight is 345 g/mol. The molecule has 3 rings (SSSR count). The average Bonchev–Trinajstić information content (AvgIpc) is 3.06. The van der Waals surface area contributed by atoms with Gasteiger partial charge in [0.05, 0.1) is 6.42 Å². The normalized spacial score (nSPS) is 17.6. The lowest BCUT2D eigenvalue weighted by Gasteiger charge is -2.17. The number of rotatable bonds is 6. The summed E-state index contributed by atoms with van der Waals surface area (Å²) in [6, 6.07) is 9.76. The SMILES string of the molecule is O=C(Cc1ccccn1)NCC1CCN(Cc2cccc(F)c2F)C1. The fourth-order valence-electron chi connectivity index (χ4n) is 3.12. The molecule has 1 amide bonds. The van der Waals surface area contributed by atoms with Crippen LogP contribution >= 0.6 is 0 Å². The maximum atomic E-state index is 13.7. The number of carbonyl (C=O) groups excluding carboxylic acids is 1. The zero-order valence-corrected chi connectivity index (χ0v) is 13.9. The Hall–Kier alpha value is -2.34. The van der Waals surface area contributed by atoms with Gasteiger partial charge < -0.3 is 5.32 Å². The van der Waals surface area contributed by atoms with Gasteiger partial charge >= 0.3 is 0 Å². The predicted molar refractivity (Wildman–Crippen MR) is 90.7 cm³/mol. The van der Waals surface area contributed by atoms with Gasteiger partial charge in [0.15, 0.2) is 11.6 Å². The molecule has 1 aliphatic rings. The van der Waals surface area contributed by atoms with Crippen molar-refractivity contribution in [1.29, 1.82) is 0 Å². The van der Waals surface area contributed by atoms with Crippen molar-refractivity contribution in [2.45, 2.75) is 19.4 Å². The molecule has 1 N–H and O–H groups in total. The topological polar surface area (TPSA) is 45.2 Å². The van der Waals surface area contributed by atoms with E-state index in [2.05, 4.69) is 15.2 Å². The van der Waals surface area contributed by atoms with E-state index in [1.807, 2.05) is 18.2 Å². The molecule has 1 atom stereocenters. The van der Waals surface area contributed by atoms with E-state index in [0.29, 0.717) is 24.6 Å². The van der Waals surface area contributed by atoms with Crippen molar-refractivity contribution in [2.24, 2.45) is 5.92 Å². The number of hydrogen-bond acceptors (Lipinski definition) is 3. The highest BCUT2D eigenvalue weighted by Gasteiger charge is 2.24. The fraction of sp³-hybridized carbons (Fsp3) is 0.368. The molecule has 132 valence electrons. The first kappa shape index (κ1) is 17.5. The molecule has 2 aromatic rings. The Kier molecular flexibility index (Phi) is 5.71. The molecule has 0 saturated carbocycles. The Balaban J connectivity index is 1.44. The summed E-state index contributed by atoms with van der Waals surface area (Å²) >= 11 is 0. The molecule has 25 heavy (non-hydrogen) atoms. The Morgan fingerprint density at radius 3 is 2.92 bits per heavy atom. The van der Waals surface area contributed by atoms with E-state index in [1.54, 1.807) is 12.3 Å². The molecule has 1 unspecified atom stereocenters. The summed E-state index contributed by atoms with van der Waals surface area (Å²) in [5.41, 5.74) is 1.12. The van der Waals surface area contributed by atoms with Crippen molar-refractivity contribution in [3.8, 4) is 0 Å². The molecule has 1 fully saturated rings. The second-order valence-corrected chi connectivity index (χ2v) is 6.40. The molecule has 4 nitrogen and oxygen atoms in total. The number of halogens is 2. The van der Waals surface area contributed by atoms with E-state index < -0.39 is 11.6 Å². The summed E-state index contributed by atoms with van der Waals surface area (Å²) in [5.74, 6) is -1.30. The molecule has 0 spiro atoms. The highest BCUT2D eigenvalue weighted by atomic mass is 19.2. The lowest BCUT2D eigenvalue weighted by atomic mass is 10.1. The van der Waals surface area contributed by atoms with E-state index in [-0.39, 0.29) is 12.3 Å². The minimum atomic E-state index is -0.810. The maximum Gasteiger partial charge on any atom is 0.226 e. The van der Waals surface area contributed by atoms with E-state index in [0.717, 1.165) is 31.3 Å². The van der Waals surface area contributed by atoms with Gasteiger partial charge in [-0.1, -0.05) is 18.2 Å². The summed E-state index contributed by atoms with van der Waals surface area (Å²) < 4.78 is 27.0. The lowest BCUT2D eigenvalue weighted by molar-refractivity contribution is -0.120.